The van der Waals surface area contributed by atoms with Crippen LogP contribution in [0.3, 0.4) is 0 Å². The molecule has 0 aromatic carbocycles. The van der Waals surface area contributed by atoms with Crippen LogP contribution in [-0.4, -0.2) is 33.9 Å². The standard InChI is InChI=1S/C12H21N3O2/c1-4-5-13-7-11(16)8-15-10(3)14-9(2)6-12(15)17/h6,11,13,16H,4-5,7-8H2,1-3H3. The summed E-state index contributed by atoms with van der Waals surface area (Å²) in [6, 6.07) is 1.49. The first-order valence-electron chi connectivity index (χ1n) is 5.98. The van der Waals surface area contributed by atoms with E-state index in [1.165, 1.54) is 10.6 Å². The molecule has 0 amide bonds. The molecule has 1 aromatic heterocycles. The van der Waals surface area contributed by atoms with Crippen LogP contribution in [0.1, 0.15) is 24.9 Å². The van der Waals surface area contributed by atoms with E-state index in [9.17, 15) is 9.90 Å². The van der Waals surface area contributed by atoms with E-state index in [-0.39, 0.29) is 12.1 Å². The molecule has 0 aliphatic heterocycles. The quantitative estimate of drug-likeness (QED) is 0.697. The second kappa shape index (κ2) is 6.51. The third kappa shape index (κ3) is 4.28. The summed E-state index contributed by atoms with van der Waals surface area (Å²) in [5, 5.41) is 12.9. The van der Waals surface area contributed by atoms with Crippen LogP contribution in [0, 0.1) is 13.8 Å². The van der Waals surface area contributed by atoms with Crippen molar-refractivity contribution >= 4 is 0 Å². The first-order chi connectivity index (χ1) is 8.04. The van der Waals surface area contributed by atoms with Crippen molar-refractivity contribution in [3.63, 3.8) is 0 Å². The fourth-order valence-corrected chi connectivity index (χ4v) is 1.71. The van der Waals surface area contributed by atoms with Crippen LogP contribution in [0.4, 0.5) is 0 Å². The summed E-state index contributed by atoms with van der Waals surface area (Å²) < 4.78 is 1.51. The largest absolute Gasteiger partial charge is 0.390 e. The maximum Gasteiger partial charge on any atom is 0.253 e. The number of rotatable bonds is 6. The molecular weight excluding hydrogens is 218 g/mol. The van der Waals surface area contributed by atoms with Crippen molar-refractivity contribution in [2.75, 3.05) is 13.1 Å². The molecule has 96 valence electrons. The summed E-state index contributed by atoms with van der Waals surface area (Å²) in [6.45, 7) is 7.29. The van der Waals surface area contributed by atoms with E-state index in [4.69, 9.17) is 0 Å². The number of nitrogens with zero attached hydrogens (tertiary/aromatic N) is 2. The van der Waals surface area contributed by atoms with Crippen molar-refractivity contribution < 1.29 is 5.11 Å². The lowest BCUT2D eigenvalue weighted by molar-refractivity contribution is 0.149. The molecule has 5 nitrogen and oxygen atoms in total. The normalized spacial score (nSPS) is 12.7. The summed E-state index contributed by atoms with van der Waals surface area (Å²) >= 11 is 0. The third-order valence-electron chi connectivity index (χ3n) is 2.53. The minimum absolute atomic E-state index is 0.107. The first-order valence-corrected chi connectivity index (χ1v) is 5.98. The topological polar surface area (TPSA) is 67.2 Å². The Morgan fingerprint density at radius 1 is 1.53 bits per heavy atom. The summed E-state index contributed by atoms with van der Waals surface area (Å²) in [4.78, 5) is 15.9. The molecule has 1 atom stereocenters. The number of aromatic nitrogens is 2. The molecule has 0 saturated heterocycles. The van der Waals surface area contributed by atoms with Gasteiger partial charge in [-0.25, -0.2) is 4.98 Å². The van der Waals surface area contributed by atoms with Crippen molar-refractivity contribution in [2.45, 2.75) is 39.8 Å². The van der Waals surface area contributed by atoms with Gasteiger partial charge in [-0.15, -0.1) is 0 Å². The van der Waals surface area contributed by atoms with Crippen LogP contribution in [0.15, 0.2) is 10.9 Å². The van der Waals surface area contributed by atoms with E-state index in [0.29, 0.717) is 18.1 Å². The fraction of sp³-hybridized carbons (Fsp3) is 0.667. The number of aliphatic hydroxyl groups is 1. The van der Waals surface area contributed by atoms with Gasteiger partial charge < -0.3 is 10.4 Å². The van der Waals surface area contributed by atoms with E-state index in [1.54, 1.807) is 13.8 Å². The van der Waals surface area contributed by atoms with Gasteiger partial charge in [0.05, 0.1) is 12.6 Å². The Morgan fingerprint density at radius 3 is 2.82 bits per heavy atom. The van der Waals surface area contributed by atoms with Gasteiger partial charge >= 0.3 is 0 Å². The number of aryl methyl sites for hydroxylation is 2. The molecule has 1 heterocycles. The zero-order valence-corrected chi connectivity index (χ0v) is 10.7. The number of aliphatic hydroxyl groups excluding tert-OH is 1. The molecule has 1 aromatic rings. The van der Waals surface area contributed by atoms with Gasteiger partial charge in [0.1, 0.15) is 5.82 Å². The highest BCUT2D eigenvalue weighted by atomic mass is 16.3. The molecule has 1 rings (SSSR count). The van der Waals surface area contributed by atoms with Crippen LogP contribution in [0.25, 0.3) is 0 Å². The molecule has 0 bridgehead atoms. The fourth-order valence-electron chi connectivity index (χ4n) is 1.71. The Bertz CT molecular complexity index is 415. The second-order valence-electron chi connectivity index (χ2n) is 4.25. The maximum absolute atomic E-state index is 11.7. The van der Waals surface area contributed by atoms with Gasteiger partial charge in [-0.1, -0.05) is 6.92 Å². The highest BCUT2D eigenvalue weighted by Crippen LogP contribution is 1.95. The second-order valence-corrected chi connectivity index (χ2v) is 4.25. The molecule has 5 heteroatoms. The van der Waals surface area contributed by atoms with E-state index in [0.717, 1.165) is 13.0 Å². The summed E-state index contributed by atoms with van der Waals surface area (Å²) in [5.74, 6) is 0.643. The maximum atomic E-state index is 11.7. The first kappa shape index (κ1) is 13.9. The van der Waals surface area contributed by atoms with Gasteiger partial charge in [-0.3, -0.25) is 9.36 Å². The molecule has 0 aliphatic carbocycles. The van der Waals surface area contributed by atoms with E-state index in [1.807, 2.05) is 0 Å². The minimum Gasteiger partial charge on any atom is -0.390 e. The highest BCUT2D eigenvalue weighted by molar-refractivity contribution is 5.01. The van der Waals surface area contributed by atoms with Crippen LogP contribution in [0.5, 0.6) is 0 Å². The summed E-state index contributed by atoms with van der Waals surface area (Å²) in [5.41, 5.74) is 0.604. The third-order valence-corrected chi connectivity index (χ3v) is 2.53. The minimum atomic E-state index is -0.567. The van der Waals surface area contributed by atoms with Crippen LogP contribution in [-0.2, 0) is 6.54 Å². The van der Waals surface area contributed by atoms with Gasteiger partial charge in [0.15, 0.2) is 0 Å². The zero-order valence-electron chi connectivity index (χ0n) is 10.7. The monoisotopic (exact) mass is 239 g/mol. The smallest absolute Gasteiger partial charge is 0.253 e. The van der Waals surface area contributed by atoms with E-state index in [2.05, 4.69) is 17.2 Å². The molecule has 0 aliphatic rings. The Hall–Kier alpha value is -1.20. The van der Waals surface area contributed by atoms with Crippen molar-refractivity contribution in [1.82, 2.24) is 14.9 Å². The van der Waals surface area contributed by atoms with E-state index < -0.39 is 6.10 Å². The zero-order chi connectivity index (χ0) is 12.8. The van der Waals surface area contributed by atoms with Crippen molar-refractivity contribution in [2.24, 2.45) is 0 Å². The Balaban J connectivity index is 2.65. The average Bonchev–Trinajstić information content (AvgIpc) is 2.24. The van der Waals surface area contributed by atoms with Crippen LogP contribution < -0.4 is 10.9 Å². The summed E-state index contributed by atoms with van der Waals surface area (Å²) in [7, 11) is 0. The highest BCUT2D eigenvalue weighted by Gasteiger charge is 2.09. The Morgan fingerprint density at radius 2 is 2.24 bits per heavy atom. The molecule has 2 N–H and O–H groups in total. The van der Waals surface area contributed by atoms with Gasteiger partial charge in [-0.05, 0) is 26.8 Å². The predicted molar refractivity (Wildman–Crippen MR) is 67.1 cm³/mol. The van der Waals surface area contributed by atoms with Gasteiger partial charge in [0, 0.05) is 18.3 Å². The van der Waals surface area contributed by atoms with Gasteiger partial charge in [-0.2, -0.15) is 0 Å². The Kier molecular flexibility index (Phi) is 5.31. The number of nitrogens with one attached hydrogen (secondary N) is 1. The molecule has 0 radical (unpaired) electrons. The number of hydrogen-bond acceptors (Lipinski definition) is 4. The lowest BCUT2D eigenvalue weighted by atomic mass is 10.3. The van der Waals surface area contributed by atoms with Crippen LogP contribution in [0.2, 0.25) is 0 Å². The SMILES string of the molecule is CCCNCC(O)Cn1c(C)nc(C)cc1=O. The Labute approximate surface area is 102 Å². The molecule has 0 spiro atoms. The molecule has 0 saturated carbocycles. The lowest BCUT2D eigenvalue weighted by Crippen LogP contribution is -2.35. The van der Waals surface area contributed by atoms with Crippen LogP contribution >= 0.6 is 0 Å². The van der Waals surface area contributed by atoms with Gasteiger partial charge in [0.2, 0.25) is 0 Å². The lowest BCUT2D eigenvalue weighted by Gasteiger charge is -2.15. The predicted octanol–water partition coefficient (Wildman–Crippen LogP) is 0.221. The van der Waals surface area contributed by atoms with Crippen molar-refractivity contribution in [1.29, 1.82) is 0 Å². The van der Waals surface area contributed by atoms with Crippen molar-refractivity contribution in [3.8, 4) is 0 Å². The van der Waals surface area contributed by atoms with Crippen molar-refractivity contribution in [3.05, 3.63) is 27.9 Å². The molecule has 0 fully saturated rings. The van der Waals surface area contributed by atoms with E-state index >= 15 is 0 Å². The average molecular weight is 239 g/mol. The molecule has 17 heavy (non-hydrogen) atoms. The van der Waals surface area contributed by atoms with Gasteiger partial charge in [0.25, 0.3) is 5.56 Å². The number of hydrogen-bond donors (Lipinski definition) is 2. The summed E-state index contributed by atoms with van der Waals surface area (Å²) in [6.07, 6.45) is 0.458. The molecular formula is C12H21N3O2. The molecule has 1 unspecified atom stereocenters.